The molecule has 0 saturated carbocycles. The predicted molar refractivity (Wildman–Crippen MR) is 71.9 cm³/mol. The van der Waals surface area contributed by atoms with Gasteiger partial charge in [-0.3, -0.25) is 0 Å². The van der Waals surface area contributed by atoms with Gasteiger partial charge >= 0.3 is 6.18 Å². The second kappa shape index (κ2) is 5.70. The third-order valence-corrected chi connectivity index (χ3v) is 3.84. The van der Waals surface area contributed by atoms with Crippen molar-refractivity contribution in [2.75, 3.05) is 17.3 Å². The van der Waals surface area contributed by atoms with Crippen LogP contribution in [0.1, 0.15) is 12.5 Å². The molecule has 0 aliphatic rings. The molecule has 1 aromatic rings. The molecule has 0 spiro atoms. The van der Waals surface area contributed by atoms with E-state index < -0.39 is 27.6 Å². The maximum absolute atomic E-state index is 12.8. The number of hydrogen-bond donors (Lipinski definition) is 1. The van der Waals surface area contributed by atoms with Gasteiger partial charge in [-0.2, -0.15) is 13.2 Å². The summed E-state index contributed by atoms with van der Waals surface area (Å²) in [5.41, 5.74) is -0.964. The molecule has 19 heavy (non-hydrogen) atoms. The molecular weight excluding hydrogens is 347 g/mol. The standard InChI is InChI=1S/C11H13BrF3NO2S/c1-7(6-19(2,17)18)16-10-4-3-8(12)5-9(10)11(13,14)15/h3-5,7,16H,6H2,1-2H3. The van der Waals surface area contributed by atoms with Gasteiger partial charge < -0.3 is 5.32 Å². The van der Waals surface area contributed by atoms with Crippen LogP contribution < -0.4 is 5.32 Å². The zero-order valence-electron chi connectivity index (χ0n) is 10.3. The first-order chi connectivity index (χ1) is 8.49. The third kappa shape index (κ3) is 5.40. The number of alkyl halides is 3. The fraction of sp³-hybridized carbons (Fsp3) is 0.455. The summed E-state index contributed by atoms with van der Waals surface area (Å²) in [5, 5.41) is 2.58. The topological polar surface area (TPSA) is 46.2 Å². The lowest BCUT2D eigenvalue weighted by atomic mass is 10.1. The Kier molecular flexibility index (Phi) is 4.89. The fourth-order valence-corrected chi connectivity index (χ4v) is 2.99. The van der Waals surface area contributed by atoms with Crippen LogP contribution in [0.25, 0.3) is 0 Å². The van der Waals surface area contributed by atoms with Gasteiger partial charge in [0.25, 0.3) is 0 Å². The quantitative estimate of drug-likeness (QED) is 0.896. The zero-order chi connectivity index (χ0) is 14.8. The first-order valence-corrected chi connectivity index (χ1v) is 8.15. The maximum Gasteiger partial charge on any atom is 0.418 e. The van der Waals surface area contributed by atoms with Crippen molar-refractivity contribution in [3.63, 3.8) is 0 Å². The summed E-state index contributed by atoms with van der Waals surface area (Å²) in [6, 6.07) is 3.07. The minimum absolute atomic E-state index is 0.133. The number of sulfone groups is 1. The Morgan fingerprint density at radius 2 is 1.95 bits per heavy atom. The minimum atomic E-state index is -4.50. The van der Waals surface area contributed by atoms with E-state index in [4.69, 9.17) is 0 Å². The van der Waals surface area contributed by atoms with Crippen molar-refractivity contribution in [1.82, 2.24) is 0 Å². The van der Waals surface area contributed by atoms with Crippen molar-refractivity contribution in [2.45, 2.75) is 19.1 Å². The molecule has 0 aromatic heterocycles. The molecule has 1 unspecified atom stereocenters. The Morgan fingerprint density at radius 3 is 2.42 bits per heavy atom. The second-order valence-corrected chi connectivity index (χ2v) is 7.43. The van der Waals surface area contributed by atoms with Crippen molar-refractivity contribution < 1.29 is 21.6 Å². The lowest BCUT2D eigenvalue weighted by Crippen LogP contribution is -2.26. The van der Waals surface area contributed by atoms with Crippen LogP contribution >= 0.6 is 15.9 Å². The number of nitrogens with one attached hydrogen (secondary N) is 1. The van der Waals surface area contributed by atoms with Crippen LogP contribution in [0.5, 0.6) is 0 Å². The van der Waals surface area contributed by atoms with Gasteiger partial charge in [0.2, 0.25) is 0 Å². The van der Waals surface area contributed by atoms with Gasteiger partial charge in [0.05, 0.1) is 11.3 Å². The van der Waals surface area contributed by atoms with E-state index in [0.29, 0.717) is 4.47 Å². The summed E-state index contributed by atoms with van der Waals surface area (Å²) in [6.07, 6.45) is -3.46. The van der Waals surface area contributed by atoms with Gasteiger partial charge in [0.1, 0.15) is 9.84 Å². The van der Waals surface area contributed by atoms with Gasteiger partial charge in [0.15, 0.2) is 0 Å². The molecule has 1 N–H and O–H groups in total. The number of benzene rings is 1. The highest BCUT2D eigenvalue weighted by Crippen LogP contribution is 2.36. The normalized spacial score (nSPS) is 14.2. The lowest BCUT2D eigenvalue weighted by Gasteiger charge is -2.19. The van der Waals surface area contributed by atoms with E-state index in [1.165, 1.54) is 19.1 Å². The van der Waals surface area contributed by atoms with E-state index in [2.05, 4.69) is 21.2 Å². The Bertz CT molecular complexity index is 558. The van der Waals surface area contributed by atoms with E-state index in [9.17, 15) is 21.6 Å². The van der Waals surface area contributed by atoms with Crippen molar-refractivity contribution in [3.05, 3.63) is 28.2 Å². The average Bonchev–Trinajstić information content (AvgIpc) is 2.16. The molecule has 1 atom stereocenters. The van der Waals surface area contributed by atoms with Crippen molar-refractivity contribution in [1.29, 1.82) is 0 Å². The van der Waals surface area contributed by atoms with Crippen LogP contribution in [-0.2, 0) is 16.0 Å². The van der Waals surface area contributed by atoms with Crippen molar-refractivity contribution in [2.24, 2.45) is 0 Å². The number of hydrogen-bond acceptors (Lipinski definition) is 3. The van der Waals surface area contributed by atoms with E-state index in [1.54, 1.807) is 0 Å². The maximum atomic E-state index is 12.8. The summed E-state index contributed by atoms with van der Waals surface area (Å²) >= 11 is 2.98. The van der Waals surface area contributed by atoms with Crippen LogP contribution in [0.3, 0.4) is 0 Å². The van der Waals surface area contributed by atoms with Gasteiger partial charge in [-0.15, -0.1) is 0 Å². The molecule has 0 fully saturated rings. The third-order valence-electron chi connectivity index (χ3n) is 2.24. The SMILES string of the molecule is CC(CS(C)(=O)=O)Nc1ccc(Br)cc1C(F)(F)F. The highest BCUT2D eigenvalue weighted by molar-refractivity contribution is 9.10. The molecule has 0 radical (unpaired) electrons. The van der Waals surface area contributed by atoms with E-state index in [0.717, 1.165) is 12.3 Å². The second-order valence-electron chi connectivity index (χ2n) is 4.33. The van der Waals surface area contributed by atoms with E-state index in [-0.39, 0.29) is 11.4 Å². The highest BCUT2D eigenvalue weighted by atomic mass is 79.9. The van der Waals surface area contributed by atoms with Crippen LogP contribution in [0, 0.1) is 0 Å². The largest absolute Gasteiger partial charge is 0.418 e. The lowest BCUT2D eigenvalue weighted by molar-refractivity contribution is -0.137. The van der Waals surface area contributed by atoms with Gasteiger partial charge in [0, 0.05) is 22.5 Å². The number of anilines is 1. The molecular formula is C11H13BrF3NO2S. The van der Waals surface area contributed by atoms with Crippen LogP contribution in [-0.4, -0.2) is 26.5 Å². The smallest absolute Gasteiger partial charge is 0.381 e. The summed E-state index contributed by atoms with van der Waals surface area (Å²) in [7, 11) is -3.25. The molecule has 0 aliphatic heterocycles. The van der Waals surface area contributed by atoms with Crippen molar-refractivity contribution >= 4 is 31.5 Å². The number of halogens is 4. The fourth-order valence-electron chi connectivity index (χ4n) is 1.64. The molecule has 0 bridgehead atoms. The first-order valence-electron chi connectivity index (χ1n) is 5.30. The molecule has 0 saturated heterocycles. The molecule has 1 aromatic carbocycles. The monoisotopic (exact) mass is 359 g/mol. The van der Waals surface area contributed by atoms with Crippen LogP contribution in [0.15, 0.2) is 22.7 Å². The van der Waals surface area contributed by atoms with Gasteiger partial charge in [-0.1, -0.05) is 15.9 Å². The van der Waals surface area contributed by atoms with E-state index >= 15 is 0 Å². The van der Waals surface area contributed by atoms with Crippen LogP contribution in [0.2, 0.25) is 0 Å². The Hall–Kier alpha value is -0.760. The molecule has 3 nitrogen and oxygen atoms in total. The minimum Gasteiger partial charge on any atom is -0.381 e. The highest BCUT2D eigenvalue weighted by Gasteiger charge is 2.34. The van der Waals surface area contributed by atoms with Crippen molar-refractivity contribution in [3.8, 4) is 0 Å². The number of rotatable bonds is 4. The Labute approximate surface area is 118 Å². The summed E-state index contributed by atoms with van der Waals surface area (Å²) in [4.78, 5) is 0. The summed E-state index contributed by atoms with van der Waals surface area (Å²) in [5.74, 6) is -0.236. The van der Waals surface area contributed by atoms with Gasteiger partial charge in [-0.05, 0) is 25.1 Å². The predicted octanol–water partition coefficient (Wildman–Crippen LogP) is 3.31. The Balaban J connectivity index is 3.02. The molecule has 0 heterocycles. The molecule has 8 heteroatoms. The first kappa shape index (κ1) is 16.3. The average molecular weight is 360 g/mol. The van der Waals surface area contributed by atoms with Gasteiger partial charge in [-0.25, -0.2) is 8.42 Å². The molecule has 108 valence electrons. The molecule has 0 aliphatic carbocycles. The molecule has 0 amide bonds. The zero-order valence-corrected chi connectivity index (χ0v) is 12.7. The van der Waals surface area contributed by atoms with E-state index in [1.807, 2.05) is 0 Å². The summed E-state index contributed by atoms with van der Waals surface area (Å²) < 4.78 is 61.0. The molecule has 1 rings (SSSR count). The Morgan fingerprint density at radius 1 is 1.37 bits per heavy atom. The van der Waals surface area contributed by atoms with Crippen LogP contribution in [0.4, 0.5) is 18.9 Å². The summed E-state index contributed by atoms with van der Waals surface area (Å²) in [6.45, 7) is 1.52.